The largest absolute Gasteiger partial charge is 0.484 e. The Morgan fingerprint density at radius 3 is 2.85 bits per heavy atom. The second kappa shape index (κ2) is 4.98. The molecule has 4 heteroatoms. The molecule has 0 saturated carbocycles. The molecule has 0 spiro atoms. The zero-order valence-electron chi connectivity index (χ0n) is 11.4. The molecule has 3 rings (SSSR count). The Balaban J connectivity index is 2.33. The van der Waals surface area contributed by atoms with Gasteiger partial charge in [0.15, 0.2) is 5.43 Å². The summed E-state index contributed by atoms with van der Waals surface area (Å²) in [6.45, 7) is 3.98. The van der Waals surface area contributed by atoms with E-state index in [-0.39, 0.29) is 17.4 Å². The van der Waals surface area contributed by atoms with Crippen molar-refractivity contribution in [2.24, 2.45) is 0 Å². The van der Waals surface area contributed by atoms with Gasteiger partial charge in [-0.1, -0.05) is 19.1 Å². The van der Waals surface area contributed by atoms with Crippen LogP contribution in [0.3, 0.4) is 0 Å². The lowest BCUT2D eigenvalue weighted by Crippen LogP contribution is -2.24. The fourth-order valence-corrected chi connectivity index (χ4v) is 2.78. The molecule has 2 heterocycles. The molecular weight excluding hydrogens is 276 g/mol. The first-order valence-corrected chi connectivity index (χ1v) is 7.18. The van der Waals surface area contributed by atoms with Gasteiger partial charge < -0.3 is 9.15 Å². The minimum atomic E-state index is -0.280. The van der Waals surface area contributed by atoms with Gasteiger partial charge >= 0.3 is 0 Å². The third-order valence-corrected chi connectivity index (χ3v) is 3.94. The van der Waals surface area contributed by atoms with Crippen molar-refractivity contribution in [3.05, 3.63) is 51.4 Å². The van der Waals surface area contributed by atoms with Crippen LogP contribution in [0.5, 0.6) is 5.75 Å². The van der Waals surface area contributed by atoms with Crippen LogP contribution in [0.2, 0.25) is 0 Å². The van der Waals surface area contributed by atoms with E-state index in [1.807, 2.05) is 32.0 Å². The summed E-state index contributed by atoms with van der Waals surface area (Å²) in [4.78, 5) is 12.5. The van der Waals surface area contributed by atoms with Crippen molar-refractivity contribution in [1.82, 2.24) is 0 Å². The van der Waals surface area contributed by atoms with Crippen molar-refractivity contribution < 1.29 is 9.15 Å². The zero-order valence-corrected chi connectivity index (χ0v) is 12.2. The third kappa shape index (κ3) is 1.85. The van der Waals surface area contributed by atoms with Gasteiger partial charge in [0.2, 0.25) is 0 Å². The molecule has 1 atom stereocenters. The molecule has 1 aromatic carbocycles. The van der Waals surface area contributed by atoms with E-state index in [1.165, 1.54) is 6.26 Å². The Kier molecular flexibility index (Phi) is 3.30. The number of halogens is 1. The number of para-hydroxylation sites is 1. The van der Waals surface area contributed by atoms with Crippen LogP contribution < -0.4 is 10.2 Å². The number of fused-ring (bicyclic) bond motifs is 3. The molecule has 1 unspecified atom stereocenters. The summed E-state index contributed by atoms with van der Waals surface area (Å²) < 4.78 is 11.7. The van der Waals surface area contributed by atoms with Gasteiger partial charge in [-0.3, -0.25) is 4.79 Å². The van der Waals surface area contributed by atoms with E-state index >= 15 is 0 Å². The Morgan fingerprint density at radius 1 is 1.35 bits per heavy atom. The Labute approximate surface area is 122 Å². The average Bonchev–Trinajstić information content (AvgIpc) is 2.47. The van der Waals surface area contributed by atoms with Gasteiger partial charge in [-0.25, -0.2) is 0 Å². The first-order chi connectivity index (χ1) is 9.67. The number of hydrogen-bond donors (Lipinski definition) is 0. The van der Waals surface area contributed by atoms with E-state index in [1.54, 1.807) is 0 Å². The highest BCUT2D eigenvalue weighted by Gasteiger charge is 2.31. The molecule has 0 N–H and O–H groups in total. The van der Waals surface area contributed by atoms with Gasteiger partial charge in [-0.15, -0.1) is 11.6 Å². The van der Waals surface area contributed by atoms with Crippen molar-refractivity contribution in [3.63, 3.8) is 0 Å². The molecule has 104 valence electrons. The van der Waals surface area contributed by atoms with Crippen LogP contribution in [0.15, 0.2) is 33.7 Å². The summed E-state index contributed by atoms with van der Waals surface area (Å²) in [5.74, 6) is 1.56. The molecule has 1 aliphatic rings. The molecule has 3 nitrogen and oxygen atoms in total. The third-order valence-electron chi connectivity index (χ3n) is 3.65. The summed E-state index contributed by atoms with van der Waals surface area (Å²) >= 11 is 5.79. The fourth-order valence-electron chi connectivity index (χ4n) is 2.59. The summed E-state index contributed by atoms with van der Waals surface area (Å²) in [5.41, 5.74) is 2.87. The second-order valence-corrected chi connectivity index (χ2v) is 5.20. The Morgan fingerprint density at radius 2 is 2.15 bits per heavy atom. The van der Waals surface area contributed by atoms with Crippen molar-refractivity contribution in [3.8, 4) is 17.1 Å². The molecule has 20 heavy (non-hydrogen) atoms. The molecule has 0 aliphatic carbocycles. The van der Waals surface area contributed by atoms with Gasteiger partial charge in [0, 0.05) is 5.56 Å². The van der Waals surface area contributed by atoms with E-state index in [0.717, 1.165) is 16.9 Å². The first kappa shape index (κ1) is 13.3. The number of benzene rings is 1. The normalized spacial score (nSPS) is 16.2. The molecule has 0 radical (unpaired) electrons. The summed E-state index contributed by atoms with van der Waals surface area (Å²) in [6, 6.07) is 5.83. The van der Waals surface area contributed by atoms with Crippen molar-refractivity contribution in [2.75, 3.05) is 0 Å². The lowest BCUT2D eigenvalue weighted by Gasteiger charge is -2.27. The van der Waals surface area contributed by atoms with E-state index in [2.05, 4.69) is 0 Å². The van der Waals surface area contributed by atoms with Crippen LogP contribution in [0.1, 0.15) is 36.1 Å². The second-order valence-electron chi connectivity index (χ2n) is 4.93. The van der Waals surface area contributed by atoms with E-state index in [9.17, 15) is 4.79 Å². The molecule has 2 aromatic rings. The smallest absolute Gasteiger partial charge is 0.196 e. The van der Waals surface area contributed by atoms with Crippen LogP contribution in [-0.2, 0) is 5.88 Å². The molecule has 1 aromatic heterocycles. The summed E-state index contributed by atoms with van der Waals surface area (Å²) in [6.07, 6.45) is 1.88. The first-order valence-electron chi connectivity index (χ1n) is 6.64. The van der Waals surface area contributed by atoms with E-state index in [0.29, 0.717) is 23.3 Å². The van der Waals surface area contributed by atoms with Crippen LogP contribution >= 0.6 is 11.6 Å². The van der Waals surface area contributed by atoms with Crippen LogP contribution in [0.4, 0.5) is 0 Å². The minimum Gasteiger partial charge on any atom is -0.484 e. The maximum Gasteiger partial charge on any atom is 0.196 e. The van der Waals surface area contributed by atoms with Crippen LogP contribution in [-0.4, -0.2) is 0 Å². The monoisotopic (exact) mass is 290 g/mol. The minimum absolute atomic E-state index is 0.0692. The summed E-state index contributed by atoms with van der Waals surface area (Å²) in [7, 11) is 0. The van der Waals surface area contributed by atoms with Crippen molar-refractivity contribution >= 4 is 11.6 Å². The average molecular weight is 291 g/mol. The maximum atomic E-state index is 12.5. The number of hydrogen-bond acceptors (Lipinski definition) is 3. The number of aryl methyl sites for hydroxylation is 1. The quantitative estimate of drug-likeness (QED) is 0.778. The van der Waals surface area contributed by atoms with Crippen molar-refractivity contribution in [2.45, 2.75) is 32.3 Å². The predicted octanol–water partition coefficient (Wildman–Crippen LogP) is 4.20. The lowest BCUT2D eigenvalue weighted by atomic mass is 9.94. The molecule has 0 bridgehead atoms. The molecule has 0 fully saturated rings. The number of ether oxygens (including phenoxy) is 1. The van der Waals surface area contributed by atoms with Crippen LogP contribution in [0.25, 0.3) is 11.3 Å². The number of alkyl halides is 1. The van der Waals surface area contributed by atoms with Crippen molar-refractivity contribution in [1.29, 1.82) is 0 Å². The lowest BCUT2D eigenvalue weighted by molar-refractivity contribution is 0.190. The van der Waals surface area contributed by atoms with E-state index in [4.69, 9.17) is 20.8 Å². The van der Waals surface area contributed by atoms with Gasteiger partial charge in [0.25, 0.3) is 0 Å². The standard InChI is InChI=1S/C16H15ClO3/c1-3-12-13-14(18)10(7-17)8-19-16(13)11-6-4-5-9(2)15(11)20-12/h4-6,8,12H,3,7H2,1-2H3. The molecule has 0 saturated heterocycles. The van der Waals surface area contributed by atoms with Gasteiger partial charge in [-0.05, 0) is 25.0 Å². The predicted molar refractivity (Wildman–Crippen MR) is 78.4 cm³/mol. The zero-order chi connectivity index (χ0) is 14.3. The van der Waals surface area contributed by atoms with E-state index < -0.39 is 0 Å². The summed E-state index contributed by atoms with van der Waals surface area (Å²) in [5, 5.41) is 0. The fraction of sp³-hybridized carbons (Fsp3) is 0.312. The molecule has 1 aliphatic heterocycles. The number of rotatable bonds is 2. The highest BCUT2D eigenvalue weighted by Crippen LogP contribution is 2.43. The van der Waals surface area contributed by atoms with Gasteiger partial charge in [0.05, 0.1) is 23.3 Å². The van der Waals surface area contributed by atoms with Crippen LogP contribution in [0, 0.1) is 6.92 Å². The SMILES string of the molecule is CCC1Oc2c(C)cccc2-c2occ(CCl)c(=O)c21. The highest BCUT2D eigenvalue weighted by atomic mass is 35.5. The topological polar surface area (TPSA) is 39.4 Å². The molecular formula is C16H15ClO3. The van der Waals surface area contributed by atoms with Gasteiger partial charge in [-0.2, -0.15) is 0 Å². The Bertz CT molecular complexity index is 718. The highest BCUT2D eigenvalue weighted by molar-refractivity contribution is 6.17. The Hall–Kier alpha value is -1.74. The maximum absolute atomic E-state index is 12.5. The molecule has 0 amide bonds. The van der Waals surface area contributed by atoms with Gasteiger partial charge in [0.1, 0.15) is 17.6 Å².